The number of nitrogens with zero attached hydrogens (tertiary/aromatic N) is 4. The quantitative estimate of drug-likeness (QED) is 0.414. The molecule has 0 saturated carbocycles. The average Bonchev–Trinajstić information content (AvgIpc) is 3.06. The van der Waals surface area contributed by atoms with E-state index in [1.54, 1.807) is 15.9 Å². The normalized spacial score (nSPS) is 14.7. The standard InChI is InChI=1S/C23H29N5O2S2/c1-17-16-32-23(24-17)27-12-7-11-26(14-15-27)20(29)10-3-2-6-13-28-21(30)18-8-4-5-9-19(18)25-22(28)31/h4-5,8-9,16H,2-3,6-7,10-15H2,1H3,(H,25,31). The van der Waals surface area contributed by atoms with Gasteiger partial charge < -0.3 is 14.8 Å². The molecule has 1 N–H and O–H groups in total. The van der Waals surface area contributed by atoms with Gasteiger partial charge >= 0.3 is 0 Å². The third-order valence-corrected chi connectivity index (χ3v) is 7.23. The molecular weight excluding hydrogens is 442 g/mol. The second kappa shape index (κ2) is 10.4. The summed E-state index contributed by atoms with van der Waals surface area (Å²) in [6, 6.07) is 7.42. The number of unbranched alkanes of at least 4 members (excludes halogenated alkanes) is 2. The van der Waals surface area contributed by atoms with Crippen LogP contribution in [0.2, 0.25) is 0 Å². The molecule has 3 aromatic rings. The first-order chi connectivity index (χ1) is 15.5. The topological polar surface area (TPSA) is 74.2 Å². The minimum atomic E-state index is -0.0510. The Hall–Kier alpha value is -2.52. The number of para-hydroxylation sites is 1. The van der Waals surface area contributed by atoms with E-state index in [0.717, 1.165) is 68.2 Å². The minimum absolute atomic E-state index is 0.0510. The number of fused-ring (bicyclic) bond motifs is 1. The molecule has 2 aromatic heterocycles. The number of aryl methyl sites for hydroxylation is 1. The molecule has 9 heteroatoms. The monoisotopic (exact) mass is 471 g/mol. The number of hydrogen-bond donors (Lipinski definition) is 1. The number of aromatic amines is 1. The summed E-state index contributed by atoms with van der Waals surface area (Å²) < 4.78 is 2.08. The van der Waals surface area contributed by atoms with Crippen molar-refractivity contribution in [2.24, 2.45) is 0 Å². The van der Waals surface area contributed by atoms with Crippen LogP contribution in [-0.2, 0) is 11.3 Å². The van der Waals surface area contributed by atoms with Crippen LogP contribution in [0, 0.1) is 11.7 Å². The van der Waals surface area contributed by atoms with Crippen molar-refractivity contribution in [3.8, 4) is 0 Å². The Morgan fingerprint density at radius 3 is 2.81 bits per heavy atom. The number of benzene rings is 1. The average molecular weight is 472 g/mol. The molecule has 32 heavy (non-hydrogen) atoms. The highest BCUT2D eigenvalue weighted by atomic mass is 32.1. The van der Waals surface area contributed by atoms with E-state index in [4.69, 9.17) is 12.2 Å². The van der Waals surface area contributed by atoms with Gasteiger partial charge in [0.05, 0.1) is 16.6 Å². The Kier molecular flexibility index (Phi) is 7.36. The van der Waals surface area contributed by atoms with Crippen molar-refractivity contribution in [3.05, 3.63) is 50.5 Å². The van der Waals surface area contributed by atoms with Crippen LogP contribution in [0.25, 0.3) is 10.9 Å². The first-order valence-electron chi connectivity index (χ1n) is 11.2. The van der Waals surface area contributed by atoms with Crippen LogP contribution < -0.4 is 10.5 Å². The van der Waals surface area contributed by atoms with Gasteiger partial charge in [-0.25, -0.2) is 4.98 Å². The van der Waals surface area contributed by atoms with Gasteiger partial charge in [0.15, 0.2) is 9.90 Å². The number of aromatic nitrogens is 3. The maximum Gasteiger partial charge on any atom is 0.262 e. The lowest BCUT2D eigenvalue weighted by Gasteiger charge is -2.21. The van der Waals surface area contributed by atoms with E-state index in [0.29, 0.717) is 23.1 Å². The first-order valence-corrected chi connectivity index (χ1v) is 12.5. The summed E-state index contributed by atoms with van der Waals surface area (Å²) in [5, 5.41) is 3.78. The van der Waals surface area contributed by atoms with E-state index in [2.05, 4.69) is 20.2 Å². The largest absolute Gasteiger partial charge is 0.346 e. The molecule has 1 aliphatic heterocycles. The number of thiazole rings is 1. The van der Waals surface area contributed by atoms with Gasteiger partial charge in [0.1, 0.15) is 0 Å². The Bertz CT molecular complexity index is 1200. The van der Waals surface area contributed by atoms with Crippen molar-refractivity contribution in [2.75, 3.05) is 31.1 Å². The Morgan fingerprint density at radius 2 is 2.00 bits per heavy atom. The zero-order chi connectivity index (χ0) is 22.5. The van der Waals surface area contributed by atoms with Gasteiger partial charge in [0.2, 0.25) is 5.91 Å². The Labute approximate surface area is 196 Å². The number of carbonyl (C=O) groups excluding carboxylic acids is 1. The summed E-state index contributed by atoms with van der Waals surface area (Å²) in [5.41, 5.74) is 1.77. The molecule has 1 saturated heterocycles. The summed E-state index contributed by atoms with van der Waals surface area (Å²) in [5.74, 6) is 0.224. The summed E-state index contributed by atoms with van der Waals surface area (Å²) in [6.45, 7) is 5.91. The number of carbonyl (C=O) groups is 1. The fraction of sp³-hybridized carbons (Fsp3) is 0.478. The van der Waals surface area contributed by atoms with Gasteiger partial charge in [0, 0.05) is 44.5 Å². The molecule has 4 rings (SSSR count). The van der Waals surface area contributed by atoms with Crippen LogP contribution in [-0.4, -0.2) is 51.5 Å². The molecule has 0 radical (unpaired) electrons. The molecule has 0 bridgehead atoms. The maximum absolute atomic E-state index is 12.7. The third-order valence-electron chi connectivity index (χ3n) is 5.89. The second-order valence-corrected chi connectivity index (χ2v) is 9.46. The van der Waals surface area contributed by atoms with E-state index in [-0.39, 0.29) is 11.5 Å². The number of anilines is 1. The van der Waals surface area contributed by atoms with E-state index in [9.17, 15) is 9.59 Å². The molecule has 3 heterocycles. The predicted octanol–water partition coefficient (Wildman–Crippen LogP) is 4.12. The van der Waals surface area contributed by atoms with Gasteiger partial charge in [-0.3, -0.25) is 14.2 Å². The highest BCUT2D eigenvalue weighted by molar-refractivity contribution is 7.71. The fourth-order valence-electron chi connectivity index (χ4n) is 4.13. The van der Waals surface area contributed by atoms with E-state index < -0.39 is 0 Å². The summed E-state index contributed by atoms with van der Waals surface area (Å²) in [6.07, 6.45) is 4.05. The van der Waals surface area contributed by atoms with Crippen LogP contribution in [0.1, 0.15) is 37.8 Å². The lowest BCUT2D eigenvalue weighted by atomic mass is 10.1. The molecule has 0 atom stereocenters. The number of nitrogens with one attached hydrogen (secondary N) is 1. The Balaban J connectivity index is 1.23. The number of H-pyrrole nitrogens is 1. The van der Waals surface area contributed by atoms with E-state index in [1.165, 1.54) is 0 Å². The van der Waals surface area contributed by atoms with Gasteiger partial charge in [-0.2, -0.15) is 0 Å². The number of amides is 1. The van der Waals surface area contributed by atoms with Gasteiger partial charge in [-0.05, 0) is 50.5 Å². The number of hydrogen-bond acceptors (Lipinski definition) is 6. The van der Waals surface area contributed by atoms with Gasteiger partial charge in [-0.15, -0.1) is 11.3 Å². The molecule has 0 aliphatic carbocycles. The van der Waals surface area contributed by atoms with Gasteiger partial charge in [0.25, 0.3) is 5.56 Å². The van der Waals surface area contributed by atoms with E-state index in [1.807, 2.05) is 36.1 Å². The highest BCUT2D eigenvalue weighted by Gasteiger charge is 2.20. The summed E-state index contributed by atoms with van der Waals surface area (Å²) in [4.78, 5) is 37.4. The van der Waals surface area contributed by atoms with Crippen molar-refractivity contribution in [1.82, 2.24) is 19.4 Å². The van der Waals surface area contributed by atoms with Crippen molar-refractivity contribution >= 4 is 45.5 Å². The van der Waals surface area contributed by atoms with Crippen LogP contribution in [0.5, 0.6) is 0 Å². The molecule has 0 spiro atoms. The minimum Gasteiger partial charge on any atom is -0.346 e. The zero-order valence-electron chi connectivity index (χ0n) is 18.4. The maximum atomic E-state index is 12.7. The zero-order valence-corrected chi connectivity index (χ0v) is 20.0. The third kappa shape index (κ3) is 5.27. The second-order valence-electron chi connectivity index (χ2n) is 8.24. The Morgan fingerprint density at radius 1 is 1.16 bits per heavy atom. The SMILES string of the molecule is Cc1csc(N2CCCN(C(=O)CCCCCn3c(=S)[nH]c4ccccc4c3=O)CC2)n1. The summed E-state index contributed by atoms with van der Waals surface area (Å²) >= 11 is 7.04. The van der Waals surface area contributed by atoms with Crippen molar-refractivity contribution in [1.29, 1.82) is 0 Å². The smallest absolute Gasteiger partial charge is 0.262 e. The molecule has 1 aromatic carbocycles. The van der Waals surface area contributed by atoms with Crippen LogP contribution in [0.3, 0.4) is 0 Å². The van der Waals surface area contributed by atoms with E-state index >= 15 is 0 Å². The number of rotatable bonds is 7. The van der Waals surface area contributed by atoms with Crippen molar-refractivity contribution < 1.29 is 4.79 Å². The molecule has 170 valence electrons. The molecule has 7 nitrogen and oxygen atoms in total. The fourth-order valence-corrected chi connectivity index (χ4v) is 5.27. The van der Waals surface area contributed by atoms with Crippen molar-refractivity contribution in [2.45, 2.75) is 45.6 Å². The summed E-state index contributed by atoms with van der Waals surface area (Å²) in [7, 11) is 0. The van der Waals surface area contributed by atoms with Crippen molar-refractivity contribution in [3.63, 3.8) is 0 Å². The molecular formula is C23H29N5O2S2. The first kappa shape index (κ1) is 22.7. The lowest BCUT2D eigenvalue weighted by Crippen LogP contribution is -2.35. The van der Waals surface area contributed by atoms with Crippen LogP contribution in [0.4, 0.5) is 5.13 Å². The molecule has 1 amide bonds. The molecule has 0 unspecified atom stereocenters. The van der Waals surface area contributed by atoms with Gasteiger partial charge in [-0.1, -0.05) is 18.6 Å². The predicted molar refractivity (Wildman–Crippen MR) is 132 cm³/mol. The molecule has 1 aliphatic rings. The highest BCUT2D eigenvalue weighted by Crippen LogP contribution is 2.21. The van der Waals surface area contributed by atoms with Crippen LogP contribution >= 0.6 is 23.6 Å². The van der Waals surface area contributed by atoms with Crippen LogP contribution in [0.15, 0.2) is 34.4 Å². The lowest BCUT2D eigenvalue weighted by molar-refractivity contribution is -0.131. The molecule has 1 fully saturated rings.